The fourth-order valence-electron chi connectivity index (χ4n) is 5.49. The Hall–Kier alpha value is -2.97. The topological polar surface area (TPSA) is 95.6 Å². The van der Waals surface area contributed by atoms with Gasteiger partial charge in [-0.15, -0.1) is 0 Å². The molecule has 2 aliphatic heterocycles. The minimum Gasteiger partial charge on any atom is -0.378 e. The first-order valence-electron chi connectivity index (χ1n) is 12.3. The highest BCUT2D eigenvalue weighted by molar-refractivity contribution is 5.94. The van der Waals surface area contributed by atoms with Crippen LogP contribution in [0, 0.1) is 11.8 Å². The number of carbonyl (C=O) groups excluding carboxylic acids is 2. The van der Waals surface area contributed by atoms with Gasteiger partial charge in [0, 0.05) is 36.9 Å². The van der Waals surface area contributed by atoms with Gasteiger partial charge in [-0.2, -0.15) is 0 Å². The van der Waals surface area contributed by atoms with Crippen molar-refractivity contribution in [2.24, 2.45) is 11.8 Å². The molecule has 5 unspecified atom stereocenters. The lowest BCUT2D eigenvalue weighted by Gasteiger charge is -2.50. The molecule has 3 aliphatic rings. The molecule has 8 heteroatoms. The van der Waals surface area contributed by atoms with Crippen LogP contribution in [0.3, 0.4) is 0 Å². The maximum Gasteiger partial charge on any atom is 0.269 e. The van der Waals surface area contributed by atoms with Crippen molar-refractivity contribution < 1.29 is 14.3 Å². The van der Waals surface area contributed by atoms with Crippen LogP contribution in [0.15, 0.2) is 48.7 Å². The molecule has 34 heavy (non-hydrogen) atoms. The Labute approximate surface area is 200 Å². The van der Waals surface area contributed by atoms with Gasteiger partial charge in [-0.25, -0.2) is 4.98 Å². The summed E-state index contributed by atoms with van der Waals surface area (Å²) >= 11 is 0. The summed E-state index contributed by atoms with van der Waals surface area (Å²) in [6, 6.07) is 12.0. The van der Waals surface area contributed by atoms with Crippen LogP contribution in [-0.2, 0) is 14.3 Å². The summed E-state index contributed by atoms with van der Waals surface area (Å²) in [7, 11) is 0. The highest BCUT2D eigenvalue weighted by Gasteiger charge is 2.48. The number of benzene rings is 1. The third-order valence-electron chi connectivity index (χ3n) is 7.40. The van der Waals surface area contributed by atoms with Crippen molar-refractivity contribution in [2.45, 2.75) is 57.5 Å². The molecular weight excluding hydrogens is 430 g/mol. The van der Waals surface area contributed by atoms with Gasteiger partial charge in [-0.1, -0.05) is 31.7 Å². The van der Waals surface area contributed by atoms with Crippen LogP contribution >= 0.6 is 0 Å². The van der Waals surface area contributed by atoms with Gasteiger partial charge in [0.1, 0.15) is 5.82 Å². The van der Waals surface area contributed by atoms with E-state index in [4.69, 9.17) is 4.74 Å². The molecule has 1 aromatic carbocycles. The Morgan fingerprint density at radius 1 is 1.24 bits per heavy atom. The van der Waals surface area contributed by atoms with Gasteiger partial charge < -0.3 is 20.3 Å². The molecule has 180 valence electrons. The third kappa shape index (κ3) is 4.65. The van der Waals surface area contributed by atoms with E-state index in [1.54, 1.807) is 0 Å². The fraction of sp³-hybridized carbons (Fsp3) is 0.500. The summed E-state index contributed by atoms with van der Waals surface area (Å²) in [5, 5.41) is 10.5. The molecule has 0 radical (unpaired) electrons. The lowest BCUT2D eigenvalue weighted by atomic mass is 9.74. The molecule has 1 aromatic heterocycles. The van der Waals surface area contributed by atoms with E-state index in [1.807, 2.05) is 41.3 Å². The SMILES string of the molecule is C=C1C(=O)NC2NC3C(C)CCC(OCCCCC(=O)Nc4ccc5ccccc5n4)C3CN12. The molecule has 1 saturated carbocycles. The van der Waals surface area contributed by atoms with E-state index in [0.29, 0.717) is 42.4 Å². The van der Waals surface area contributed by atoms with Crippen molar-refractivity contribution in [2.75, 3.05) is 18.5 Å². The Bertz CT molecular complexity index is 1090. The molecule has 1 aliphatic carbocycles. The van der Waals surface area contributed by atoms with Crippen molar-refractivity contribution in [1.82, 2.24) is 20.5 Å². The minimum absolute atomic E-state index is 0.0263. The summed E-state index contributed by atoms with van der Waals surface area (Å²) in [5.74, 6) is 1.30. The zero-order valence-corrected chi connectivity index (χ0v) is 19.6. The Balaban J connectivity index is 1.07. The summed E-state index contributed by atoms with van der Waals surface area (Å²) in [5.41, 5.74) is 1.40. The van der Waals surface area contributed by atoms with Crippen LogP contribution in [0.25, 0.3) is 10.9 Å². The van der Waals surface area contributed by atoms with Crippen LogP contribution in [0.2, 0.25) is 0 Å². The third-order valence-corrected chi connectivity index (χ3v) is 7.40. The van der Waals surface area contributed by atoms with E-state index >= 15 is 0 Å². The average molecular weight is 464 g/mol. The number of nitrogens with zero attached hydrogens (tertiary/aromatic N) is 2. The van der Waals surface area contributed by atoms with Crippen molar-refractivity contribution in [3.05, 3.63) is 48.7 Å². The number of para-hydroxylation sites is 1. The number of nitrogens with one attached hydrogen (secondary N) is 3. The smallest absolute Gasteiger partial charge is 0.269 e. The Morgan fingerprint density at radius 2 is 2.09 bits per heavy atom. The van der Waals surface area contributed by atoms with E-state index in [1.165, 1.54) is 0 Å². The normalized spacial score (nSPS) is 28.4. The van der Waals surface area contributed by atoms with Gasteiger partial charge in [0.2, 0.25) is 5.91 Å². The van der Waals surface area contributed by atoms with Crippen LogP contribution in [0.1, 0.15) is 39.0 Å². The lowest BCUT2D eigenvalue weighted by Crippen LogP contribution is -2.66. The summed E-state index contributed by atoms with van der Waals surface area (Å²) in [6.07, 6.45) is 4.14. The Kier molecular flexibility index (Phi) is 6.52. The first-order chi connectivity index (χ1) is 16.5. The first-order valence-corrected chi connectivity index (χ1v) is 12.3. The zero-order chi connectivity index (χ0) is 23.7. The number of amides is 2. The second-order valence-electron chi connectivity index (χ2n) is 9.69. The number of unbranched alkanes of at least 4 members (excludes halogenated alkanes) is 1. The van der Waals surface area contributed by atoms with Crippen molar-refractivity contribution in [3.8, 4) is 0 Å². The average Bonchev–Trinajstić information content (AvgIpc) is 3.12. The maximum absolute atomic E-state index is 12.4. The van der Waals surface area contributed by atoms with E-state index in [9.17, 15) is 9.59 Å². The van der Waals surface area contributed by atoms with Gasteiger partial charge in [0.15, 0.2) is 6.29 Å². The lowest BCUT2D eigenvalue weighted by molar-refractivity contribution is -0.117. The van der Waals surface area contributed by atoms with Crippen LogP contribution in [0.4, 0.5) is 5.82 Å². The maximum atomic E-state index is 12.4. The largest absolute Gasteiger partial charge is 0.378 e. The van der Waals surface area contributed by atoms with Gasteiger partial charge in [0.05, 0.1) is 17.3 Å². The number of hydrogen-bond acceptors (Lipinski definition) is 6. The molecule has 5 rings (SSSR count). The molecule has 5 atom stereocenters. The van der Waals surface area contributed by atoms with E-state index in [0.717, 1.165) is 43.1 Å². The van der Waals surface area contributed by atoms with Crippen LogP contribution < -0.4 is 16.0 Å². The van der Waals surface area contributed by atoms with Gasteiger partial charge >= 0.3 is 0 Å². The second-order valence-corrected chi connectivity index (χ2v) is 9.69. The molecule has 3 heterocycles. The number of aromatic nitrogens is 1. The number of fused-ring (bicyclic) bond motifs is 3. The van der Waals surface area contributed by atoms with Gasteiger partial charge in [0.25, 0.3) is 5.91 Å². The van der Waals surface area contributed by atoms with Crippen molar-refractivity contribution in [3.63, 3.8) is 0 Å². The summed E-state index contributed by atoms with van der Waals surface area (Å²) in [6.45, 7) is 7.61. The molecule has 3 fully saturated rings. The molecule has 2 aromatic rings. The highest BCUT2D eigenvalue weighted by atomic mass is 16.5. The van der Waals surface area contributed by atoms with Crippen LogP contribution in [0.5, 0.6) is 0 Å². The number of hydrogen-bond donors (Lipinski definition) is 3. The van der Waals surface area contributed by atoms with E-state index in [-0.39, 0.29) is 24.2 Å². The summed E-state index contributed by atoms with van der Waals surface area (Å²) < 4.78 is 6.31. The predicted molar refractivity (Wildman–Crippen MR) is 131 cm³/mol. The molecule has 0 spiro atoms. The van der Waals surface area contributed by atoms with Crippen molar-refractivity contribution in [1.29, 1.82) is 0 Å². The Morgan fingerprint density at radius 3 is 2.97 bits per heavy atom. The second kappa shape index (κ2) is 9.72. The number of pyridine rings is 1. The molecule has 2 amide bonds. The quantitative estimate of drug-likeness (QED) is 0.432. The molecule has 8 nitrogen and oxygen atoms in total. The standard InChI is InChI=1S/C26H33N5O3/c1-16-10-12-21(19-15-31-17(2)25(33)30-26(31)29-24(16)19)34-14-6-5-9-23(32)28-22-13-11-18-7-3-4-8-20(18)27-22/h3-4,7-8,11,13,16,19,21,24,26,29H,2,5-6,9-10,12,14-15H2,1H3,(H,30,33)(H,27,28,32). The van der Waals surface area contributed by atoms with E-state index in [2.05, 4.69) is 34.4 Å². The molecule has 3 N–H and O–H groups in total. The summed E-state index contributed by atoms with van der Waals surface area (Å²) in [4.78, 5) is 30.9. The molecule has 0 bridgehead atoms. The predicted octanol–water partition coefficient (Wildman–Crippen LogP) is 2.98. The van der Waals surface area contributed by atoms with Gasteiger partial charge in [-0.05, 0) is 49.8 Å². The fourth-order valence-corrected chi connectivity index (χ4v) is 5.49. The number of ether oxygens (including phenoxy) is 1. The number of rotatable bonds is 7. The highest BCUT2D eigenvalue weighted by Crippen LogP contribution is 2.37. The zero-order valence-electron chi connectivity index (χ0n) is 19.6. The number of carbonyl (C=O) groups is 2. The van der Waals surface area contributed by atoms with Crippen LogP contribution in [-0.4, -0.2) is 53.3 Å². The van der Waals surface area contributed by atoms with Gasteiger partial charge in [-0.3, -0.25) is 14.9 Å². The van der Waals surface area contributed by atoms with E-state index < -0.39 is 0 Å². The molecule has 2 saturated heterocycles. The van der Waals surface area contributed by atoms with Crippen molar-refractivity contribution >= 4 is 28.5 Å². The molecular formula is C26H33N5O3. The monoisotopic (exact) mass is 463 g/mol. The first kappa shape index (κ1) is 22.8. The minimum atomic E-state index is -0.155. The number of anilines is 1.